The fourth-order valence-corrected chi connectivity index (χ4v) is 9.70. The number of aliphatic hydroxyl groups excluding tert-OH is 14. The predicted octanol–water partition coefficient (Wildman–Crippen LogP) is -3.61. The highest BCUT2D eigenvalue weighted by molar-refractivity contribution is 6.06. The van der Waals surface area contributed by atoms with Gasteiger partial charge >= 0.3 is 0 Å². The average molecular weight is 1110 g/mol. The lowest BCUT2D eigenvalue weighted by Crippen LogP contribution is -2.57. The zero-order valence-electron chi connectivity index (χ0n) is 44.3. The third-order valence-electron chi connectivity index (χ3n) is 15.5. The number of carbonyl (C=O) groups excluding carboxylic acids is 4. The Balaban J connectivity index is 0.000000337. The predicted molar refractivity (Wildman–Crippen MR) is 291 cm³/mol. The summed E-state index contributed by atoms with van der Waals surface area (Å²) in [6.07, 6.45) is -0.0288. The molecular formula is C55H80N6O18+2. The van der Waals surface area contributed by atoms with E-state index in [9.17, 15) is 90.7 Å². The number of carbonyl (C=O) groups is 4. The third kappa shape index (κ3) is 12.8. The molecule has 24 heteroatoms. The van der Waals surface area contributed by atoms with Crippen molar-refractivity contribution in [1.82, 2.24) is 21.3 Å². The molecule has 18 N–H and O–H groups in total. The first-order valence-corrected chi connectivity index (χ1v) is 25.2. The van der Waals surface area contributed by atoms with Crippen molar-refractivity contribution in [2.45, 2.75) is 80.9 Å². The van der Waals surface area contributed by atoms with Crippen LogP contribution in [-0.4, -0.2) is 243 Å². The molecule has 0 spiro atoms. The highest BCUT2D eigenvalue weighted by Gasteiger charge is 2.51. The number of benzene rings is 4. The van der Waals surface area contributed by atoms with Crippen LogP contribution < -0.4 is 21.3 Å². The second-order valence-corrected chi connectivity index (χ2v) is 20.8. The lowest BCUT2D eigenvalue weighted by atomic mass is 9.77. The van der Waals surface area contributed by atoms with Crippen LogP contribution in [0.2, 0.25) is 0 Å². The maximum absolute atomic E-state index is 12.8. The van der Waals surface area contributed by atoms with Crippen LogP contribution in [-0.2, 0) is 20.4 Å². The smallest absolute Gasteiger partial charge is 0.251 e. The van der Waals surface area contributed by atoms with E-state index in [1.807, 2.05) is 29.7 Å². The van der Waals surface area contributed by atoms with Crippen molar-refractivity contribution in [2.75, 3.05) is 106 Å². The van der Waals surface area contributed by atoms with Crippen LogP contribution in [0, 0.1) is 0 Å². The van der Waals surface area contributed by atoms with Crippen LogP contribution in [0.1, 0.15) is 79.8 Å². The molecule has 4 aromatic carbocycles. The van der Waals surface area contributed by atoms with Gasteiger partial charge in [-0.2, -0.15) is 9.15 Å². The molecule has 436 valence electrons. The Labute approximate surface area is 457 Å². The zero-order chi connectivity index (χ0) is 58.0. The summed E-state index contributed by atoms with van der Waals surface area (Å²) in [6.45, 7) is -0.186. The van der Waals surface area contributed by atoms with Crippen molar-refractivity contribution in [2.24, 2.45) is 0 Å². The third-order valence-corrected chi connectivity index (χ3v) is 15.5. The first-order valence-electron chi connectivity index (χ1n) is 25.2. The summed E-state index contributed by atoms with van der Waals surface area (Å²) >= 11 is 0. The van der Waals surface area contributed by atoms with Gasteiger partial charge in [0.25, 0.3) is 11.8 Å². The van der Waals surface area contributed by atoms with Gasteiger partial charge in [-0.05, 0) is 71.8 Å². The van der Waals surface area contributed by atoms with E-state index in [-0.39, 0.29) is 37.8 Å². The summed E-state index contributed by atoms with van der Waals surface area (Å²) in [5.41, 5.74) is -2.47. The number of aliphatic hydroxyl groups is 14. The molecule has 0 aromatic heterocycles. The van der Waals surface area contributed by atoms with Crippen molar-refractivity contribution >= 4 is 68.0 Å². The normalized spacial score (nSPS) is 14.8. The van der Waals surface area contributed by atoms with E-state index in [1.165, 1.54) is 6.07 Å². The van der Waals surface area contributed by atoms with Crippen molar-refractivity contribution < 1.29 is 99.8 Å². The number of nitrogens with one attached hydrogen (secondary N) is 4. The lowest BCUT2D eigenvalue weighted by molar-refractivity contribution is -0.438. The summed E-state index contributed by atoms with van der Waals surface area (Å²) in [5.74, 6) is -2.11. The molecule has 6 rings (SSSR count). The first-order chi connectivity index (χ1) is 37.0. The Bertz CT molecular complexity index is 2850. The van der Waals surface area contributed by atoms with Crippen molar-refractivity contribution in [3.05, 3.63) is 82.9 Å². The maximum atomic E-state index is 12.8. The molecule has 0 aliphatic carbocycles. The minimum atomic E-state index is -1.60. The summed E-state index contributed by atoms with van der Waals surface area (Å²) in [6, 6.07) is 17.2. The summed E-state index contributed by atoms with van der Waals surface area (Å²) in [4.78, 5) is 50.9. The second-order valence-electron chi connectivity index (χ2n) is 20.8. The molecule has 0 fully saturated rings. The van der Waals surface area contributed by atoms with Gasteiger partial charge < -0.3 is 92.8 Å². The first kappa shape index (κ1) is 65.6. The lowest BCUT2D eigenvalue weighted by Gasteiger charge is -2.28. The van der Waals surface area contributed by atoms with Crippen molar-refractivity contribution in [1.29, 1.82) is 0 Å². The standard InChI is InChI=1S/C27H37N3O10.C27H37N3O8.CH4/c1-17-27(15-37,16-38)23-20-4-2-19(24(40)29-26(12-34,13-35)14-36)8-18(20)3-5-21(23)30(17)7-6-22(39)28-25(9-31,10-32)11-33;1-17-25(2,3)23-20-6-4-19(24(38)29-27(14-34,15-35)16-36)10-18(20)5-7-21(23)30(17)9-8-22(37)28-26(11-31,12-32)13-33;/h2-5,8,31-38H,6-7,9-16H2,1H3,(H-,28,29,39,40);4-7,10,31-36H,8-9,11-16H2,1-3H3,(H-,28,29,37,38);1H4/p+2. The van der Waals surface area contributed by atoms with Crippen LogP contribution >= 0.6 is 0 Å². The van der Waals surface area contributed by atoms with Gasteiger partial charge in [-0.15, -0.1) is 0 Å². The Morgan fingerprint density at radius 2 is 0.759 bits per heavy atom. The molecule has 2 aliphatic heterocycles. The molecule has 0 atom stereocenters. The monoisotopic (exact) mass is 1110 g/mol. The van der Waals surface area contributed by atoms with Crippen molar-refractivity contribution in [3.8, 4) is 0 Å². The van der Waals surface area contributed by atoms with Crippen LogP contribution in [0.4, 0.5) is 11.4 Å². The van der Waals surface area contributed by atoms with Gasteiger partial charge in [-0.1, -0.05) is 19.6 Å². The second kappa shape index (κ2) is 27.0. The van der Waals surface area contributed by atoms with Crippen LogP contribution in [0.5, 0.6) is 0 Å². The molecule has 0 saturated heterocycles. The summed E-state index contributed by atoms with van der Waals surface area (Å²) in [7, 11) is 0. The van der Waals surface area contributed by atoms with Crippen LogP contribution in [0.3, 0.4) is 0 Å². The largest absolute Gasteiger partial charge is 0.395 e. The number of fused-ring (bicyclic) bond motifs is 6. The Morgan fingerprint density at radius 3 is 1.10 bits per heavy atom. The van der Waals surface area contributed by atoms with Gasteiger partial charge in [0, 0.05) is 42.7 Å². The fraction of sp³-hybridized carbons (Fsp3) is 0.527. The maximum Gasteiger partial charge on any atom is 0.251 e. The van der Waals surface area contributed by atoms with Gasteiger partial charge in [-0.3, -0.25) is 19.2 Å². The number of amides is 4. The molecule has 4 amide bonds. The molecule has 0 saturated carbocycles. The van der Waals surface area contributed by atoms with Gasteiger partial charge in [-0.25, -0.2) is 0 Å². The average Bonchev–Trinajstić information content (AvgIpc) is 3.99. The molecule has 24 nitrogen and oxygen atoms in total. The van der Waals surface area contributed by atoms with E-state index in [2.05, 4.69) is 35.1 Å². The minimum Gasteiger partial charge on any atom is -0.395 e. The number of rotatable bonds is 26. The SMILES string of the molecule is C.CC1=[N+](CCC(=O)NC(CO)(CO)CO)c2ccc3cc(C(=O)NC(CO)(CO)CO)ccc3c2C1(C)C.CC1=[N+](CCC(=O)NC(CO)(CO)CO)c2ccc3cc(C(=O)NC(CO)(CO)CO)ccc3c2C1(CO)CO. The zero-order valence-corrected chi connectivity index (χ0v) is 44.3. The van der Waals surface area contributed by atoms with Gasteiger partial charge in [0.1, 0.15) is 27.6 Å². The van der Waals surface area contributed by atoms with E-state index >= 15 is 0 Å². The van der Waals surface area contributed by atoms with Gasteiger partial charge in [0.15, 0.2) is 24.5 Å². The summed E-state index contributed by atoms with van der Waals surface area (Å²) < 4.78 is 3.84. The molecule has 0 unspecified atom stereocenters. The highest BCUT2D eigenvalue weighted by atomic mass is 16.3. The molecule has 2 aliphatic rings. The molecule has 79 heavy (non-hydrogen) atoms. The number of hydrogen-bond donors (Lipinski definition) is 18. The Hall–Kier alpha value is -5.94. The number of nitrogens with zero attached hydrogens (tertiary/aromatic N) is 2. The quantitative estimate of drug-likeness (QED) is 0.0270. The molecule has 0 bridgehead atoms. The highest BCUT2D eigenvalue weighted by Crippen LogP contribution is 2.45. The van der Waals surface area contributed by atoms with E-state index < -0.39 is 144 Å². The van der Waals surface area contributed by atoms with Crippen LogP contribution in [0.25, 0.3) is 21.5 Å². The van der Waals surface area contributed by atoms with Gasteiger partial charge in [0.05, 0.1) is 116 Å². The minimum absolute atomic E-state index is 0. The summed E-state index contributed by atoms with van der Waals surface area (Å²) in [5, 5.41) is 148. The van der Waals surface area contributed by atoms with E-state index in [0.29, 0.717) is 39.8 Å². The van der Waals surface area contributed by atoms with E-state index in [0.717, 1.165) is 27.7 Å². The fourth-order valence-electron chi connectivity index (χ4n) is 9.70. The van der Waals surface area contributed by atoms with E-state index in [1.54, 1.807) is 47.9 Å². The topological polar surface area (TPSA) is 406 Å². The molecule has 0 radical (unpaired) electrons. The molecule has 4 aromatic rings. The van der Waals surface area contributed by atoms with E-state index in [4.69, 9.17) is 0 Å². The van der Waals surface area contributed by atoms with Crippen LogP contribution in [0.15, 0.2) is 60.7 Å². The van der Waals surface area contributed by atoms with Gasteiger partial charge in [0.2, 0.25) is 23.2 Å². The van der Waals surface area contributed by atoms with Crippen molar-refractivity contribution in [3.63, 3.8) is 0 Å². The number of hydrogen-bond acceptors (Lipinski definition) is 18. The molecular weight excluding hydrogens is 1030 g/mol. The molecule has 2 heterocycles. The Kier molecular flexibility index (Phi) is 22.4. The Morgan fingerprint density at radius 1 is 0.443 bits per heavy atom.